The Kier molecular flexibility index (Phi) is 5.20. The highest BCUT2D eigenvalue weighted by molar-refractivity contribution is 7.07. The van der Waals surface area contributed by atoms with Gasteiger partial charge in [0.05, 0.1) is 0 Å². The maximum absolute atomic E-state index is 3.56. The summed E-state index contributed by atoms with van der Waals surface area (Å²) in [6, 6.07) is 2.88. The van der Waals surface area contributed by atoms with E-state index in [1.807, 2.05) is 0 Å². The van der Waals surface area contributed by atoms with Crippen molar-refractivity contribution in [3.05, 3.63) is 22.4 Å². The number of rotatable bonds is 6. The zero-order valence-electron chi connectivity index (χ0n) is 9.42. The second kappa shape index (κ2) is 6.20. The lowest BCUT2D eigenvalue weighted by atomic mass is 9.98. The first-order valence-electron chi connectivity index (χ1n) is 5.46. The Labute approximate surface area is 91.5 Å². The highest BCUT2D eigenvalue weighted by Gasteiger charge is 2.10. The third kappa shape index (κ3) is 4.25. The lowest BCUT2D eigenvalue weighted by Gasteiger charge is -2.19. The van der Waals surface area contributed by atoms with Gasteiger partial charge in [0.25, 0.3) is 0 Å². The van der Waals surface area contributed by atoms with E-state index in [0.29, 0.717) is 6.04 Å². The maximum Gasteiger partial charge on any atom is 0.0110 e. The molecule has 0 spiro atoms. The molecule has 0 saturated carbocycles. The molecule has 0 fully saturated rings. The van der Waals surface area contributed by atoms with Crippen molar-refractivity contribution in [2.24, 2.45) is 5.92 Å². The molecule has 0 radical (unpaired) electrons. The Hall–Kier alpha value is -0.340. The van der Waals surface area contributed by atoms with E-state index in [1.165, 1.54) is 18.4 Å². The average Bonchev–Trinajstić information content (AvgIpc) is 2.56. The quantitative estimate of drug-likeness (QED) is 0.761. The van der Waals surface area contributed by atoms with E-state index in [9.17, 15) is 0 Å². The van der Waals surface area contributed by atoms with E-state index in [1.54, 1.807) is 11.3 Å². The molecule has 1 aromatic heterocycles. The van der Waals surface area contributed by atoms with Crippen molar-refractivity contribution in [2.45, 2.75) is 39.7 Å². The van der Waals surface area contributed by atoms with Crippen LogP contribution in [0.1, 0.15) is 32.8 Å². The van der Waals surface area contributed by atoms with Crippen LogP contribution in [-0.4, -0.2) is 12.6 Å². The van der Waals surface area contributed by atoms with Gasteiger partial charge in [-0.15, -0.1) is 0 Å². The van der Waals surface area contributed by atoms with Crippen LogP contribution in [0.4, 0.5) is 0 Å². The lowest BCUT2D eigenvalue weighted by Crippen LogP contribution is -2.32. The maximum atomic E-state index is 3.56. The van der Waals surface area contributed by atoms with Gasteiger partial charge in [-0.25, -0.2) is 0 Å². The predicted octanol–water partition coefficient (Wildman–Crippen LogP) is 3.31. The fourth-order valence-electron chi connectivity index (χ4n) is 1.79. The van der Waals surface area contributed by atoms with Crippen molar-refractivity contribution in [3.63, 3.8) is 0 Å². The number of hydrogen-bond donors (Lipinski definition) is 1. The summed E-state index contributed by atoms with van der Waals surface area (Å²) in [6.45, 7) is 7.83. The summed E-state index contributed by atoms with van der Waals surface area (Å²) in [6.07, 6.45) is 2.44. The van der Waals surface area contributed by atoms with Crippen LogP contribution in [0.15, 0.2) is 16.8 Å². The molecule has 2 heteroatoms. The Morgan fingerprint density at radius 3 is 2.71 bits per heavy atom. The molecule has 0 aliphatic heterocycles. The molecule has 0 bridgehead atoms. The van der Waals surface area contributed by atoms with Gasteiger partial charge in [-0.05, 0) is 47.7 Å². The molecule has 1 atom stereocenters. The van der Waals surface area contributed by atoms with Gasteiger partial charge in [-0.1, -0.05) is 20.8 Å². The molecule has 1 aromatic rings. The van der Waals surface area contributed by atoms with Gasteiger partial charge < -0.3 is 5.32 Å². The first-order valence-corrected chi connectivity index (χ1v) is 6.41. The second-order valence-corrected chi connectivity index (χ2v) is 5.00. The van der Waals surface area contributed by atoms with Gasteiger partial charge >= 0.3 is 0 Å². The van der Waals surface area contributed by atoms with Crippen LogP contribution in [0.2, 0.25) is 0 Å². The molecule has 1 N–H and O–H groups in total. The minimum Gasteiger partial charge on any atom is -0.314 e. The summed E-state index contributed by atoms with van der Waals surface area (Å²) in [4.78, 5) is 0. The van der Waals surface area contributed by atoms with Crippen LogP contribution in [0, 0.1) is 5.92 Å². The van der Waals surface area contributed by atoms with Gasteiger partial charge in [0.15, 0.2) is 0 Å². The Morgan fingerprint density at radius 1 is 1.43 bits per heavy atom. The summed E-state index contributed by atoms with van der Waals surface area (Å²) < 4.78 is 0. The first-order chi connectivity index (χ1) is 6.72. The highest BCUT2D eigenvalue weighted by Crippen LogP contribution is 2.13. The molecule has 1 rings (SSSR count). The normalized spacial score (nSPS) is 13.4. The zero-order valence-corrected chi connectivity index (χ0v) is 10.2. The van der Waals surface area contributed by atoms with Crippen LogP contribution in [0.5, 0.6) is 0 Å². The van der Waals surface area contributed by atoms with Crippen molar-refractivity contribution in [2.75, 3.05) is 6.54 Å². The predicted molar refractivity (Wildman–Crippen MR) is 64.9 cm³/mol. The van der Waals surface area contributed by atoms with E-state index >= 15 is 0 Å². The number of likely N-dealkylation sites (N-methyl/N-ethyl adjacent to an activating group) is 1. The first kappa shape index (κ1) is 11.7. The average molecular weight is 211 g/mol. The van der Waals surface area contributed by atoms with Crippen molar-refractivity contribution < 1.29 is 0 Å². The molecular formula is C12H21NS. The second-order valence-electron chi connectivity index (χ2n) is 4.22. The number of nitrogens with one attached hydrogen (secondary N) is 1. The van der Waals surface area contributed by atoms with Crippen LogP contribution < -0.4 is 5.32 Å². The molecule has 14 heavy (non-hydrogen) atoms. The topological polar surface area (TPSA) is 12.0 Å². The van der Waals surface area contributed by atoms with E-state index in [4.69, 9.17) is 0 Å². The van der Waals surface area contributed by atoms with Gasteiger partial charge in [0, 0.05) is 6.04 Å². The monoisotopic (exact) mass is 211 g/mol. The third-order valence-electron chi connectivity index (χ3n) is 2.31. The third-order valence-corrected chi connectivity index (χ3v) is 3.04. The van der Waals surface area contributed by atoms with Crippen LogP contribution in [0.3, 0.4) is 0 Å². The Bertz CT molecular complexity index is 228. The molecule has 0 amide bonds. The van der Waals surface area contributed by atoms with E-state index in [2.05, 4.69) is 42.9 Å². The summed E-state index contributed by atoms with van der Waals surface area (Å²) in [5, 5.41) is 7.97. The molecular weight excluding hydrogens is 190 g/mol. The molecule has 0 aliphatic carbocycles. The molecule has 0 aliphatic rings. The van der Waals surface area contributed by atoms with Gasteiger partial charge in [-0.2, -0.15) is 11.3 Å². The largest absolute Gasteiger partial charge is 0.314 e. The van der Waals surface area contributed by atoms with Gasteiger partial charge in [0.1, 0.15) is 0 Å². The standard InChI is InChI=1S/C12H21NS/c1-4-13-12(7-10(2)3)8-11-5-6-14-9-11/h5-6,9-10,12-13H,4,7-8H2,1-3H3. The number of thiophene rings is 1. The number of hydrogen-bond acceptors (Lipinski definition) is 2. The minimum atomic E-state index is 0.648. The Morgan fingerprint density at radius 2 is 2.21 bits per heavy atom. The summed E-state index contributed by atoms with van der Waals surface area (Å²) in [5.74, 6) is 0.776. The van der Waals surface area contributed by atoms with Crippen molar-refractivity contribution in [1.82, 2.24) is 5.32 Å². The lowest BCUT2D eigenvalue weighted by molar-refractivity contribution is 0.424. The zero-order chi connectivity index (χ0) is 10.4. The summed E-state index contributed by atoms with van der Waals surface area (Å²) in [5.41, 5.74) is 1.47. The summed E-state index contributed by atoms with van der Waals surface area (Å²) in [7, 11) is 0. The smallest absolute Gasteiger partial charge is 0.0110 e. The van der Waals surface area contributed by atoms with E-state index in [0.717, 1.165) is 12.5 Å². The van der Waals surface area contributed by atoms with Crippen LogP contribution >= 0.6 is 11.3 Å². The molecule has 0 aromatic carbocycles. The molecule has 1 unspecified atom stereocenters. The van der Waals surface area contributed by atoms with Crippen LogP contribution in [-0.2, 0) is 6.42 Å². The highest BCUT2D eigenvalue weighted by atomic mass is 32.1. The van der Waals surface area contributed by atoms with Crippen LogP contribution in [0.25, 0.3) is 0 Å². The minimum absolute atomic E-state index is 0.648. The van der Waals surface area contributed by atoms with Crippen molar-refractivity contribution in [3.8, 4) is 0 Å². The van der Waals surface area contributed by atoms with E-state index < -0.39 is 0 Å². The van der Waals surface area contributed by atoms with Gasteiger partial charge in [-0.3, -0.25) is 0 Å². The van der Waals surface area contributed by atoms with Crippen molar-refractivity contribution >= 4 is 11.3 Å². The Balaban J connectivity index is 2.42. The van der Waals surface area contributed by atoms with Gasteiger partial charge in [0.2, 0.25) is 0 Å². The van der Waals surface area contributed by atoms with E-state index in [-0.39, 0.29) is 0 Å². The molecule has 0 saturated heterocycles. The fraction of sp³-hybridized carbons (Fsp3) is 0.667. The molecule has 1 nitrogen and oxygen atoms in total. The fourth-order valence-corrected chi connectivity index (χ4v) is 2.47. The molecule has 1 heterocycles. The molecule has 80 valence electrons. The van der Waals surface area contributed by atoms with Crippen molar-refractivity contribution in [1.29, 1.82) is 0 Å². The summed E-state index contributed by atoms with van der Waals surface area (Å²) >= 11 is 1.79. The SMILES string of the molecule is CCNC(Cc1ccsc1)CC(C)C.